The maximum atomic E-state index is 14.0. The van der Waals surface area contributed by atoms with Gasteiger partial charge in [-0.1, -0.05) is 18.2 Å². The molecule has 3 aromatic carbocycles. The van der Waals surface area contributed by atoms with E-state index in [0.29, 0.717) is 55.2 Å². The number of nitrogens with zero attached hydrogens (tertiary/aromatic N) is 3. The topological polar surface area (TPSA) is 182 Å². The number of aryl methyl sites for hydroxylation is 2. The van der Waals surface area contributed by atoms with Crippen molar-refractivity contribution in [2.45, 2.75) is 51.4 Å². The van der Waals surface area contributed by atoms with Crippen molar-refractivity contribution in [2.24, 2.45) is 0 Å². The molecule has 0 spiro atoms. The molecule has 3 N–H and O–H groups in total. The second-order valence-electron chi connectivity index (χ2n) is 13.7. The lowest BCUT2D eigenvalue weighted by molar-refractivity contribution is -0.137. The van der Waals surface area contributed by atoms with Gasteiger partial charge in [0.1, 0.15) is 24.6 Å². The number of anilines is 1. The summed E-state index contributed by atoms with van der Waals surface area (Å²) < 4.78 is 73.2. The molecule has 0 unspecified atom stereocenters. The molecule has 0 saturated carbocycles. The van der Waals surface area contributed by atoms with Gasteiger partial charge in [0.15, 0.2) is 0 Å². The number of rotatable bonds is 14. The quantitative estimate of drug-likeness (QED) is 0.127. The number of fused-ring (bicyclic) bond motifs is 4. The normalized spacial score (nSPS) is 15.2. The van der Waals surface area contributed by atoms with Gasteiger partial charge < -0.3 is 19.6 Å². The van der Waals surface area contributed by atoms with Crippen molar-refractivity contribution in [1.82, 2.24) is 9.48 Å². The highest BCUT2D eigenvalue weighted by Gasteiger charge is 2.30. The lowest BCUT2D eigenvalue weighted by Crippen LogP contribution is -2.40. The van der Waals surface area contributed by atoms with Crippen LogP contribution in [-0.4, -0.2) is 99.1 Å². The zero-order valence-corrected chi connectivity index (χ0v) is 30.7. The second-order valence-corrected chi connectivity index (χ2v) is 16.8. The molecular weight excluding hydrogens is 711 g/mol. The van der Waals surface area contributed by atoms with Crippen LogP contribution in [0.3, 0.4) is 0 Å². The monoisotopic (exact) mass is 754 g/mol. The third-order valence-corrected chi connectivity index (χ3v) is 11.5. The van der Waals surface area contributed by atoms with Gasteiger partial charge in [-0.3, -0.25) is 18.7 Å². The van der Waals surface area contributed by atoms with E-state index in [-0.39, 0.29) is 43.2 Å². The Kier molecular flexibility index (Phi) is 11.1. The number of carbonyl (C=O) groups is 2. The van der Waals surface area contributed by atoms with E-state index in [2.05, 4.69) is 21.6 Å². The average molecular weight is 755 g/mol. The van der Waals surface area contributed by atoms with Gasteiger partial charge in [-0.15, -0.1) is 0 Å². The number of carboxylic acids is 1. The minimum absolute atomic E-state index is 0.0510. The first-order valence-corrected chi connectivity index (χ1v) is 20.8. The van der Waals surface area contributed by atoms with Crippen molar-refractivity contribution < 1.29 is 45.4 Å². The lowest BCUT2D eigenvalue weighted by Gasteiger charge is -2.33. The van der Waals surface area contributed by atoms with E-state index in [1.807, 2.05) is 24.3 Å². The van der Waals surface area contributed by atoms with Crippen LogP contribution in [0.2, 0.25) is 0 Å². The van der Waals surface area contributed by atoms with Crippen LogP contribution in [0.15, 0.2) is 48.5 Å². The summed E-state index contributed by atoms with van der Waals surface area (Å²) in [5.74, 6) is -0.718. The van der Waals surface area contributed by atoms with Crippen LogP contribution < -0.4 is 24.8 Å². The molecule has 0 aromatic heterocycles. The second kappa shape index (κ2) is 15.3. The Morgan fingerprint density at radius 1 is 0.885 bits per heavy atom. The smallest absolute Gasteiger partial charge is 0.303 e. The van der Waals surface area contributed by atoms with Crippen LogP contribution >= 0.6 is 0 Å². The minimum Gasteiger partial charge on any atom is -0.481 e. The molecule has 15 heteroatoms. The molecule has 3 aliphatic heterocycles. The number of aliphatic carboxylic acids is 1. The SMILES string of the molecule is CN(CCCC(=O)O)C(=O)c1ccccc1C1=c2cc3c(cc2Oc2cc4c(cc21)CCCN4CCCS(=O)(=O)O)=[N+](CCCS(=O)(=O)O)CCC3. The van der Waals surface area contributed by atoms with Gasteiger partial charge in [-0.2, -0.15) is 16.8 Å². The first-order valence-electron chi connectivity index (χ1n) is 17.5. The Bertz CT molecular complexity index is 2250. The summed E-state index contributed by atoms with van der Waals surface area (Å²) in [5, 5.41) is 10.9. The summed E-state index contributed by atoms with van der Waals surface area (Å²) in [5.41, 5.74) is 5.80. The van der Waals surface area contributed by atoms with E-state index in [4.69, 9.17) is 9.84 Å². The molecule has 0 aliphatic carbocycles. The van der Waals surface area contributed by atoms with Gasteiger partial charge in [0.25, 0.3) is 26.1 Å². The highest BCUT2D eigenvalue weighted by atomic mass is 32.2. The van der Waals surface area contributed by atoms with Gasteiger partial charge in [-0.05, 0) is 61.4 Å². The largest absolute Gasteiger partial charge is 0.481 e. The molecule has 6 rings (SSSR count). The molecule has 0 bridgehead atoms. The van der Waals surface area contributed by atoms with Crippen LogP contribution in [-0.2, 0) is 37.9 Å². The van der Waals surface area contributed by atoms with E-state index in [1.54, 1.807) is 19.2 Å². The Balaban J connectivity index is 1.51. The van der Waals surface area contributed by atoms with Crippen molar-refractivity contribution in [3.8, 4) is 11.5 Å². The highest BCUT2D eigenvalue weighted by Crippen LogP contribution is 2.42. The Morgan fingerprint density at radius 2 is 1.62 bits per heavy atom. The fraction of sp³-hybridized carbons (Fsp3) is 0.432. The maximum absolute atomic E-state index is 14.0. The van der Waals surface area contributed by atoms with Crippen molar-refractivity contribution in [3.05, 3.63) is 86.9 Å². The predicted octanol–water partition coefficient (Wildman–Crippen LogP) is 2.72. The molecule has 1 amide bonds. The molecule has 52 heavy (non-hydrogen) atoms. The molecule has 0 fully saturated rings. The van der Waals surface area contributed by atoms with E-state index >= 15 is 0 Å². The van der Waals surface area contributed by atoms with Crippen molar-refractivity contribution >= 4 is 43.4 Å². The minimum atomic E-state index is -4.10. The Morgan fingerprint density at radius 3 is 2.37 bits per heavy atom. The zero-order chi connectivity index (χ0) is 37.2. The van der Waals surface area contributed by atoms with Gasteiger partial charge >= 0.3 is 5.97 Å². The third kappa shape index (κ3) is 8.65. The van der Waals surface area contributed by atoms with E-state index in [9.17, 15) is 35.5 Å². The van der Waals surface area contributed by atoms with Crippen molar-refractivity contribution in [2.75, 3.05) is 56.2 Å². The Labute approximate surface area is 303 Å². The summed E-state index contributed by atoms with van der Waals surface area (Å²) in [4.78, 5) is 28.8. The van der Waals surface area contributed by atoms with E-state index < -0.39 is 26.2 Å². The number of amides is 1. The number of hydrogen-bond acceptors (Lipinski definition) is 8. The first-order chi connectivity index (χ1) is 24.7. The molecule has 3 heterocycles. The number of ether oxygens (including phenoxy) is 1. The number of carbonyl (C=O) groups excluding carboxylic acids is 1. The van der Waals surface area contributed by atoms with Crippen LogP contribution in [0.25, 0.3) is 5.57 Å². The summed E-state index contributed by atoms with van der Waals surface area (Å²) in [6.07, 6.45) is 4.04. The number of hydrogen-bond donors (Lipinski definition) is 3. The summed E-state index contributed by atoms with van der Waals surface area (Å²) >= 11 is 0. The van der Waals surface area contributed by atoms with E-state index in [0.717, 1.165) is 64.2 Å². The number of carboxylic acid groups (broad SMARTS) is 1. The molecule has 0 atom stereocenters. The molecule has 3 aromatic rings. The molecule has 0 saturated heterocycles. The third-order valence-electron chi connectivity index (χ3n) is 9.87. The highest BCUT2D eigenvalue weighted by molar-refractivity contribution is 7.86. The van der Waals surface area contributed by atoms with Gasteiger partial charge in [0, 0.05) is 85.2 Å². The van der Waals surface area contributed by atoms with Crippen LogP contribution in [0.1, 0.15) is 71.1 Å². The molecular formula is C37H44N3O10S2+. The van der Waals surface area contributed by atoms with Crippen LogP contribution in [0, 0.1) is 0 Å². The average Bonchev–Trinajstić information content (AvgIpc) is 3.08. The standard InChI is InChI=1S/C37H43N3O10S2/c1-38(14-6-13-35(41)42)37(43)28-12-3-2-11-27(28)36-29-21-25-9-4-15-39(17-7-19-51(44,45)46)31(25)23-33(29)50-34-24-32-26(22-30(34)36)10-5-16-40(32)18-8-20-52(47,48)49/h2-3,11-12,21-24H,4-10,13-20H2,1H3,(H2-,41,42,44,45,46,47,48,49)/p+1. The summed E-state index contributed by atoms with van der Waals surface area (Å²) in [7, 11) is -6.53. The number of benzene rings is 3. The summed E-state index contributed by atoms with van der Waals surface area (Å²) in [6.45, 7) is 2.55. The van der Waals surface area contributed by atoms with E-state index in [1.165, 1.54) is 4.90 Å². The van der Waals surface area contributed by atoms with Gasteiger partial charge in [0.2, 0.25) is 5.36 Å². The van der Waals surface area contributed by atoms with Crippen LogP contribution in [0.4, 0.5) is 5.69 Å². The lowest BCUT2D eigenvalue weighted by atomic mass is 9.86. The molecule has 3 aliphatic rings. The van der Waals surface area contributed by atoms with Crippen molar-refractivity contribution in [1.29, 1.82) is 0 Å². The zero-order valence-electron chi connectivity index (χ0n) is 29.1. The van der Waals surface area contributed by atoms with Gasteiger partial charge in [0.05, 0.1) is 17.6 Å². The predicted molar refractivity (Wildman–Crippen MR) is 196 cm³/mol. The molecule has 278 valence electrons. The van der Waals surface area contributed by atoms with Crippen LogP contribution in [0.5, 0.6) is 11.5 Å². The fourth-order valence-electron chi connectivity index (χ4n) is 7.49. The first kappa shape index (κ1) is 37.4. The Hall–Kier alpha value is -4.31. The van der Waals surface area contributed by atoms with Crippen molar-refractivity contribution in [3.63, 3.8) is 0 Å². The molecule has 13 nitrogen and oxygen atoms in total. The molecule has 0 radical (unpaired) electrons. The van der Waals surface area contributed by atoms with Gasteiger partial charge in [-0.25, -0.2) is 4.58 Å². The maximum Gasteiger partial charge on any atom is 0.303 e. The summed E-state index contributed by atoms with van der Waals surface area (Å²) in [6, 6.07) is 15.5. The fourth-order valence-corrected chi connectivity index (χ4v) is 8.48.